The average Bonchev–Trinajstić information content (AvgIpc) is 2.85. The van der Waals surface area contributed by atoms with Crippen LogP contribution in [0, 0.1) is 0 Å². The molecule has 1 aliphatic rings. The molecule has 3 rings (SSSR count). The lowest BCUT2D eigenvalue weighted by atomic mass is 10.1. The van der Waals surface area contributed by atoms with Crippen molar-refractivity contribution >= 4 is 29.4 Å². The highest BCUT2D eigenvalue weighted by atomic mass is 32.1. The number of rotatable bonds is 2. The molecular weight excluding hydrogens is 232 g/mol. The van der Waals surface area contributed by atoms with E-state index >= 15 is 0 Å². The molecule has 1 atom stereocenters. The number of aromatic nitrogens is 1. The van der Waals surface area contributed by atoms with Crippen LogP contribution in [-0.2, 0) is 11.3 Å². The minimum atomic E-state index is 0.193. The number of amides is 1. The lowest BCUT2D eigenvalue weighted by molar-refractivity contribution is -0.128. The highest BCUT2D eigenvalue weighted by Crippen LogP contribution is 2.20. The maximum Gasteiger partial charge on any atom is 0.224 e. The lowest BCUT2D eigenvalue weighted by Gasteiger charge is -2.15. The van der Waals surface area contributed by atoms with E-state index in [0.29, 0.717) is 13.0 Å². The molecule has 1 aliphatic heterocycles. The number of hydrogen-bond acceptors (Lipinski definition) is 2. The van der Waals surface area contributed by atoms with Gasteiger partial charge < -0.3 is 9.88 Å². The Bertz CT molecular complexity index is 563. The zero-order chi connectivity index (χ0) is 11.8. The van der Waals surface area contributed by atoms with Gasteiger partial charge in [-0.05, 0) is 29.1 Å². The molecule has 17 heavy (non-hydrogen) atoms. The van der Waals surface area contributed by atoms with Crippen LogP contribution in [-0.4, -0.2) is 27.6 Å². The second-order valence-electron chi connectivity index (χ2n) is 4.53. The van der Waals surface area contributed by atoms with E-state index in [0.717, 1.165) is 12.1 Å². The molecule has 1 unspecified atom stereocenters. The summed E-state index contributed by atoms with van der Waals surface area (Å²) in [7, 11) is 0. The zero-order valence-corrected chi connectivity index (χ0v) is 10.3. The smallest absolute Gasteiger partial charge is 0.224 e. The van der Waals surface area contributed by atoms with E-state index in [1.807, 2.05) is 17.2 Å². The van der Waals surface area contributed by atoms with Crippen LogP contribution >= 0.6 is 12.6 Å². The Labute approximate surface area is 105 Å². The first-order valence-electron chi connectivity index (χ1n) is 5.74. The van der Waals surface area contributed by atoms with Gasteiger partial charge >= 0.3 is 0 Å². The van der Waals surface area contributed by atoms with Crippen LogP contribution in [0.3, 0.4) is 0 Å². The number of hydrogen-bond donors (Lipinski definition) is 2. The van der Waals surface area contributed by atoms with E-state index < -0.39 is 0 Å². The quantitative estimate of drug-likeness (QED) is 0.783. The maximum atomic E-state index is 11.7. The van der Waals surface area contributed by atoms with E-state index in [2.05, 4.69) is 35.8 Å². The number of carbonyl (C=O) groups excluding carboxylic acids is 1. The Balaban J connectivity index is 1.82. The Morgan fingerprint density at radius 3 is 3.06 bits per heavy atom. The van der Waals surface area contributed by atoms with Crippen LogP contribution in [0.25, 0.3) is 10.9 Å². The number of benzene rings is 1. The largest absolute Gasteiger partial charge is 0.361 e. The second kappa shape index (κ2) is 4.11. The molecule has 1 fully saturated rings. The number of thiol groups is 1. The summed E-state index contributed by atoms with van der Waals surface area (Å²) >= 11 is 4.36. The highest BCUT2D eigenvalue weighted by molar-refractivity contribution is 7.81. The molecule has 1 aromatic heterocycles. The second-order valence-corrected chi connectivity index (χ2v) is 5.26. The maximum absolute atomic E-state index is 11.7. The number of fused-ring (bicyclic) bond motifs is 1. The summed E-state index contributed by atoms with van der Waals surface area (Å²) in [5, 5.41) is 1.38. The van der Waals surface area contributed by atoms with Gasteiger partial charge in [-0.15, -0.1) is 0 Å². The van der Waals surface area contributed by atoms with E-state index in [4.69, 9.17) is 0 Å². The molecule has 0 saturated carbocycles. The van der Waals surface area contributed by atoms with Crippen LogP contribution in [0.4, 0.5) is 0 Å². The Morgan fingerprint density at radius 2 is 2.29 bits per heavy atom. The van der Waals surface area contributed by atoms with Gasteiger partial charge in [-0.2, -0.15) is 12.6 Å². The third-order valence-electron chi connectivity index (χ3n) is 3.19. The van der Waals surface area contributed by atoms with Crippen molar-refractivity contribution in [2.45, 2.75) is 18.2 Å². The van der Waals surface area contributed by atoms with Gasteiger partial charge in [0, 0.05) is 36.5 Å². The van der Waals surface area contributed by atoms with E-state index in [9.17, 15) is 4.79 Å². The number of aromatic amines is 1. The van der Waals surface area contributed by atoms with Gasteiger partial charge in [0.05, 0.1) is 0 Å². The van der Waals surface area contributed by atoms with Gasteiger partial charge in [0.2, 0.25) is 5.91 Å². The summed E-state index contributed by atoms with van der Waals surface area (Å²) in [6.07, 6.45) is 2.49. The van der Waals surface area contributed by atoms with Gasteiger partial charge in [-0.25, -0.2) is 0 Å². The van der Waals surface area contributed by atoms with Crippen LogP contribution in [0.15, 0.2) is 30.5 Å². The first-order chi connectivity index (χ1) is 8.22. The summed E-state index contributed by atoms with van der Waals surface area (Å²) in [4.78, 5) is 16.7. The molecule has 1 amide bonds. The predicted molar refractivity (Wildman–Crippen MR) is 71.1 cm³/mol. The lowest BCUT2D eigenvalue weighted by Crippen LogP contribution is -2.24. The van der Waals surface area contributed by atoms with Gasteiger partial charge in [-0.1, -0.05) is 6.07 Å². The van der Waals surface area contributed by atoms with Crippen molar-refractivity contribution in [3.63, 3.8) is 0 Å². The normalized spacial score (nSPS) is 20.4. The molecular formula is C13H14N2OS. The fourth-order valence-corrected chi connectivity index (χ4v) is 2.68. The van der Waals surface area contributed by atoms with E-state index in [-0.39, 0.29) is 11.2 Å². The summed E-state index contributed by atoms with van der Waals surface area (Å²) in [6.45, 7) is 1.45. The van der Waals surface area contributed by atoms with Crippen LogP contribution in [0.5, 0.6) is 0 Å². The van der Waals surface area contributed by atoms with Crippen molar-refractivity contribution in [1.82, 2.24) is 9.88 Å². The number of carbonyl (C=O) groups is 1. The molecule has 2 heterocycles. The molecule has 3 nitrogen and oxygen atoms in total. The number of likely N-dealkylation sites (tertiary alicyclic amines) is 1. The molecule has 0 aliphatic carbocycles. The SMILES string of the molecule is O=C1CC(S)CN1Cc1ccc2[nH]ccc2c1. The molecule has 0 spiro atoms. The predicted octanol–water partition coefficient (Wildman–Crippen LogP) is 2.20. The molecule has 2 aromatic rings. The molecule has 88 valence electrons. The van der Waals surface area contributed by atoms with Gasteiger partial charge in [0.15, 0.2) is 0 Å². The Kier molecular flexibility index (Phi) is 2.59. The van der Waals surface area contributed by atoms with Crippen molar-refractivity contribution in [3.05, 3.63) is 36.0 Å². The first kappa shape index (κ1) is 10.7. The molecule has 1 saturated heterocycles. The highest BCUT2D eigenvalue weighted by Gasteiger charge is 2.26. The molecule has 0 radical (unpaired) electrons. The van der Waals surface area contributed by atoms with Crippen LogP contribution in [0.2, 0.25) is 0 Å². The fraction of sp³-hybridized carbons (Fsp3) is 0.308. The first-order valence-corrected chi connectivity index (χ1v) is 6.26. The topological polar surface area (TPSA) is 36.1 Å². The standard InChI is InChI=1S/C13H14N2OS/c16-13-6-11(17)8-15(13)7-9-1-2-12-10(5-9)3-4-14-12/h1-5,11,14,17H,6-8H2. The monoisotopic (exact) mass is 246 g/mol. The van der Waals surface area contributed by atoms with E-state index in [1.165, 1.54) is 10.9 Å². The number of nitrogens with zero attached hydrogens (tertiary/aromatic N) is 1. The van der Waals surface area contributed by atoms with Crippen molar-refractivity contribution in [2.24, 2.45) is 0 Å². The summed E-state index contributed by atoms with van der Waals surface area (Å²) < 4.78 is 0. The average molecular weight is 246 g/mol. The van der Waals surface area contributed by atoms with Crippen molar-refractivity contribution in [2.75, 3.05) is 6.54 Å². The van der Waals surface area contributed by atoms with Gasteiger partial charge in [0.25, 0.3) is 0 Å². The molecule has 4 heteroatoms. The molecule has 0 bridgehead atoms. The number of nitrogens with one attached hydrogen (secondary N) is 1. The van der Waals surface area contributed by atoms with Crippen LogP contribution < -0.4 is 0 Å². The summed E-state index contributed by atoms with van der Waals surface area (Å²) in [6, 6.07) is 8.30. The molecule has 1 N–H and O–H groups in total. The Morgan fingerprint density at radius 1 is 1.41 bits per heavy atom. The van der Waals surface area contributed by atoms with Crippen molar-refractivity contribution in [3.8, 4) is 0 Å². The summed E-state index contributed by atoms with van der Waals surface area (Å²) in [5.74, 6) is 0.208. The van der Waals surface area contributed by atoms with Crippen molar-refractivity contribution < 1.29 is 4.79 Å². The fourth-order valence-electron chi connectivity index (χ4n) is 2.33. The van der Waals surface area contributed by atoms with Gasteiger partial charge in [0.1, 0.15) is 0 Å². The summed E-state index contributed by atoms with van der Waals surface area (Å²) in [5.41, 5.74) is 2.31. The van der Waals surface area contributed by atoms with Crippen molar-refractivity contribution in [1.29, 1.82) is 0 Å². The van der Waals surface area contributed by atoms with E-state index in [1.54, 1.807) is 0 Å². The minimum absolute atomic E-state index is 0.193. The number of H-pyrrole nitrogens is 1. The zero-order valence-electron chi connectivity index (χ0n) is 9.39. The molecule has 1 aromatic carbocycles. The third kappa shape index (κ3) is 2.05. The Hall–Kier alpha value is -1.42. The third-order valence-corrected chi connectivity index (χ3v) is 3.53. The van der Waals surface area contributed by atoms with Crippen LogP contribution in [0.1, 0.15) is 12.0 Å². The van der Waals surface area contributed by atoms with Gasteiger partial charge in [-0.3, -0.25) is 4.79 Å². The minimum Gasteiger partial charge on any atom is -0.361 e.